The third-order valence-corrected chi connectivity index (χ3v) is 6.10. The number of rotatable bonds is 4. The molecule has 30 heavy (non-hydrogen) atoms. The summed E-state index contributed by atoms with van der Waals surface area (Å²) >= 11 is 0. The molecule has 0 unspecified atom stereocenters. The Morgan fingerprint density at radius 1 is 0.967 bits per heavy atom. The maximum atomic E-state index is 4.48. The quantitative estimate of drug-likeness (QED) is 0.454. The fourth-order valence-electron chi connectivity index (χ4n) is 4.57. The number of nitrogens with one attached hydrogen (secondary N) is 3. The van der Waals surface area contributed by atoms with E-state index >= 15 is 0 Å². The maximum absolute atomic E-state index is 4.48. The van der Waals surface area contributed by atoms with Crippen molar-refractivity contribution in [2.75, 3.05) is 13.1 Å². The lowest BCUT2D eigenvalue weighted by molar-refractivity contribution is 0.446. The van der Waals surface area contributed by atoms with Crippen LogP contribution in [0.1, 0.15) is 55.6 Å². The summed E-state index contributed by atoms with van der Waals surface area (Å²) in [6.07, 6.45) is 4.10. The second-order valence-electron chi connectivity index (χ2n) is 8.60. The molecular formula is C24H28N6. The van der Waals surface area contributed by atoms with Gasteiger partial charge < -0.3 is 15.3 Å². The lowest BCUT2D eigenvalue weighted by Gasteiger charge is -2.19. The van der Waals surface area contributed by atoms with Crippen LogP contribution in [0.15, 0.2) is 36.5 Å². The number of aromatic amines is 2. The van der Waals surface area contributed by atoms with E-state index in [1.807, 2.05) is 13.1 Å². The zero-order valence-corrected chi connectivity index (χ0v) is 17.8. The normalized spacial score (nSPS) is 15.3. The summed E-state index contributed by atoms with van der Waals surface area (Å²) in [7, 11) is 0. The summed E-state index contributed by atoms with van der Waals surface area (Å²) in [6.45, 7) is 8.62. The molecular weight excluding hydrogens is 372 g/mol. The predicted molar refractivity (Wildman–Crippen MR) is 121 cm³/mol. The lowest BCUT2D eigenvalue weighted by Crippen LogP contribution is -2.27. The molecule has 0 aliphatic carbocycles. The lowest BCUT2D eigenvalue weighted by atomic mass is 9.95. The smallest absolute Gasteiger partial charge is 0.161 e. The molecule has 0 atom stereocenters. The zero-order valence-electron chi connectivity index (χ0n) is 17.8. The molecule has 4 aromatic rings. The minimum absolute atomic E-state index is 0.387. The van der Waals surface area contributed by atoms with E-state index in [1.165, 1.54) is 22.2 Å². The molecule has 1 aliphatic rings. The molecule has 1 aliphatic heterocycles. The first kappa shape index (κ1) is 19.0. The van der Waals surface area contributed by atoms with Crippen molar-refractivity contribution in [3.05, 3.63) is 53.6 Å². The number of fused-ring (bicyclic) bond motifs is 1. The Kier molecular flexibility index (Phi) is 4.87. The largest absolute Gasteiger partial charge is 0.354 e. The van der Waals surface area contributed by atoms with E-state index in [0.717, 1.165) is 54.4 Å². The van der Waals surface area contributed by atoms with Gasteiger partial charge in [-0.3, -0.25) is 4.98 Å². The van der Waals surface area contributed by atoms with E-state index in [2.05, 4.69) is 74.6 Å². The molecule has 0 bridgehead atoms. The van der Waals surface area contributed by atoms with Crippen molar-refractivity contribution in [1.82, 2.24) is 30.5 Å². The Morgan fingerprint density at radius 2 is 1.80 bits per heavy atom. The van der Waals surface area contributed by atoms with Gasteiger partial charge in [0.05, 0.1) is 5.69 Å². The number of hydrogen-bond acceptors (Lipinski definition) is 4. The van der Waals surface area contributed by atoms with Gasteiger partial charge in [0, 0.05) is 39.8 Å². The molecule has 6 heteroatoms. The summed E-state index contributed by atoms with van der Waals surface area (Å²) in [5.41, 5.74) is 6.93. The Morgan fingerprint density at radius 3 is 2.57 bits per heavy atom. The van der Waals surface area contributed by atoms with E-state index in [1.54, 1.807) is 0 Å². The number of nitrogens with zero attached hydrogens (tertiary/aromatic N) is 3. The molecule has 3 aromatic heterocycles. The number of pyridine rings is 1. The van der Waals surface area contributed by atoms with Gasteiger partial charge in [-0.15, -0.1) is 10.2 Å². The van der Waals surface area contributed by atoms with E-state index < -0.39 is 0 Å². The molecule has 0 saturated carbocycles. The standard InChI is InChI=1S/C24H28N6/c1-14(2)21-19-13-18(24-28-23(29-30-24)16-6-9-25-10-7-16)4-5-20(19)27-22(21)17-8-11-26-15(3)12-17/h4-5,8,11-14,16,25,27H,6-7,9-10H2,1-3H3,(H,28,29,30). The Bertz CT molecular complexity index is 1180. The minimum atomic E-state index is 0.387. The monoisotopic (exact) mass is 400 g/mol. The van der Waals surface area contributed by atoms with Crippen LogP contribution in [0.4, 0.5) is 0 Å². The molecule has 0 radical (unpaired) electrons. The first-order chi connectivity index (χ1) is 14.6. The van der Waals surface area contributed by atoms with Crippen molar-refractivity contribution in [2.45, 2.75) is 45.4 Å². The molecule has 3 N–H and O–H groups in total. The highest BCUT2D eigenvalue weighted by Crippen LogP contribution is 2.37. The number of H-pyrrole nitrogens is 2. The van der Waals surface area contributed by atoms with Crippen molar-refractivity contribution in [2.24, 2.45) is 0 Å². The van der Waals surface area contributed by atoms with Crippen LogP contribution in [0.5, 0.6) is 0 Å². The first-order valence-electron chi connectivity index (χ1n) is 10.8. The minimum Gasteiger partial charge on any atom is -0.354 e. The van der Waals surface area contributed by atoms with Gasteiger partial charge in [-0.2, -0.15) is 0 Å². The van der Waals surface area contributed by atoms with Crippen LogP contribution in [0, 0.1) is 6.92 Å². The number of hydrogen-bond donors (Lipinski definition) is 3. The van der Waals surface area contributed by atoms with Crippen molar-refractivity contribution in [1.29, 1.82) is 0 Å². The number of aryl methyl sites for hydroxylation is 1. The highest BCUT2D eigenvalue weighted by Gasteiger charge is 2.21. The van der Waals surface area contributed by atoms with E-state index in [-0.39, 0.29) is 0 Å². The van der Waals surface area contributed by atoms with Crippen LogP contribution in [-0.4, -0.2) is 38.2 Å². The fraction of sp³-hybridized carbons (Fsp3) is 0.375. The fourth-order valence-corrected chi connectivity index (χ4v) is 4.57. The molecule has 154 valence electrons. The first-order valence-corrected chi connectivity index (χ1v) is 10.8. The molecule has 1 aromatic carbocycles. The molecule has 0 spiro atoms. The van der Waals surface area contributed by atoms with Crippen molar-refractivity contribution >= 4 is 10.9 Å². The molecule has 5 rings (SSSR count). The summed E-state index contributed by atoms with van der Waals surface area (Å²) in [4.78, 5) is 11.5. The van der Waals surface area contributed by atoms with Crippen molar-refractivity contribution < 1.29 is 0 Å². The highest BCUT2D eigenvalue weighted by molar-refractivity contribution is 5.93. The molecule has 4 heterocycles. The Labute approximate surface area is 176 Å². The average molecular weight is 401 g/mol. The number of aromatic nitrogens is 5. The Balaban J connectivity index is 1.57. The van der Waals surface area contributed by atoms with Crippen LogP contribution in [0.2, 0.25) is 0 Å². The third-order valence-electron chi connectivity index (χ3n) is 6.10. The van der Waals surface area contributed by atoms with Gasteiger partial charge in [-0.1, -0.05) is 13.8 Å². The second kappa shape index (κ2) is 7.69. The second-order valence-corrected chi connectivity index (χ2v) is 8.60. The third kappa shape index (κ3) is 3.41. The maximum Gasteiger partial charge on any atom is 0.161 e. The van der Waals surface area contributed by atoms with Crippen LogP contribution in [0.25, 0.3) is 33.5 Å². The zero-order chi connectivity index (χ0) is 20.7. The van der Waals surface area contributed by atoms with Crippen LogP contribution < -0.4 is 5.32 Å². The van der Waals surface area contributed by atoms with Gasteiger partial charge in [0.25, 0.3) is 0 Å². The van der Waals surface area contributed by atoms with Gasteiger partial charge in [-0.05, 0) is 74.7 Å². The van der Waals surface area contributed by atoms with Gasteiger partial charge in [0.15, 0.2) is 5.82 Å². The summed E-state index contributed by atoms with van der Waals surface area (Å²) in [5.74, 6) is 2.72. The molecule has 1 saturated heterocycles. The highest BCUT2D eigenvalue weighted by atomic mass is 15.2. The van der Waals surface area contributed by atoms with Crippen molar-refractivity contribution in [3.63, 3.8) is 0 Å². The van der Waals surface area contributed by atoms with Crippen LogP contribution in [0.3, 0.4) is 0 Å². The predicted octanol–water partition coefficient (Wildman–Crippen LogP) is 4.91. The van der Waals surface area contributed by atoms with Gasteiger partial charge in [0.2, 0.25) is 0 Å². The summed E-state index contributed by atoms with van der Waals surface area (Å²) in [6, 6.07) is 10.7. The van der Waals surface area contributed by atoms with Gasteiger partial charge in [0.1, 0.15) is 5.82 Å². The van der Waals surface area contributed by atoms with Crippen LogP contribution in [-0.2, 0) is 0 Å². The van der Waals surface area contributed by atoms with Gasteiger partial charge >= 0.3 is 0 Å². The van der Waals surface area contributed by atoms with E-state index in [9.17, 15) is 0 Å². The van der Waals surface area contributed by atoms with Gasteiger partial charge in [-0.25, -0.2) is 0 Å². The average Bonchev–Trinajstić information content (AvgIpc) is 3.39. The van der Waals surface area contributed by atoms with Crippen LogP contribution >= 0.6 is 0 Å². The van der Waals surface area contributed by atoms with Crippen molar-refractivity contribution in [3.8, 4) is 22.6 Å². The number of benzene rings is 1. The van der Waals surface area contributed by atoms with E-state index in [0.29, 0.717) is 11.8 Å². The summed E-state index contributed by atoms with van der Waals surface area (Å²) in [5, 5.41) is 13.6. The van der Waals surface area contributed by atoms with E-state index in [4.69, 9.17) is 0 Å². The summed E-state index contributed by atoms with van der Waals surface area (Å²) < 4.78 is 0. The molecule has 1 fully saturated rings. The topological polar surface area (TPSA) is 82.3 Å². The Hall–Kier alpha value is -2.99. The molecule has 6 nitrogen and oxygen atoms in total. The number of piperidine rings is 1. The molecule has 0 amide bonds. The SMILES string of the molecule is Cc1cc(-c2[nH]c3ccc(-c4nnc(C5CCNCC5)[nH]4)cc3c2C(C)C)ccn1.